The molecule has 0 bridgehead atoms. The maximum absolute atomic E-state index is 13.9. The summed E-state index contributed by atoms with van der Waals surface area (Å²) < 4.78 is 19.5. The van der Waals surface area contributed by atoms with Gasteiger partial charge in [0.05, 0.1) is 13.2 Å². The molecule has 106 valence electrons. The van der Waals surface area contributed by atoms with Gasteiger partial charge in [-0.25, -0.2) is 4.39 Å². The molecular formula is C18H21FO. The molecule has 0 heterocycles. The molecule has 0 unspecified atom stereocenters. The Morgan fingerprint density at radius 3 is 2.45 bits per heavy atom. The summed E-state index contributed by atoms with van der Waals surface area (Å²) in [5.41, 5.74) is 2.95. The van der Waals surface area contributed by atoms with Gasteiger partial charge in [0.25, 0.3) is 0 Å². The van der Waals surface area contributed by atoms with E-state index in [1.807, 2.05) is 42.5 Å². The Balaban J connectivity index is 1.79. The number of aryl methyl sites for hydroxylation is 1. The van der Waals surface area contributed by atoms with Gasteiger partial charge in [0.1, 0.15) is 5.82 Å². The molecule has 0 fully saturated rings. The van der Waals surface area contributed by atoms with E-state index >= 15 is 0 Å². The third kappa shape index (κ3) is 4.46. The number of ether oxygens (including phenoxy) is 1. The van der Waals surface area contributed by atoms with Gasteiger partial charge in [0.15, 0.2) is 0 Å². The summed E-state index contributed by atoms with van der Waals surface area (Å²) in [6, 6.07) is 15.6. The van der Waals surface area contributed by atoms with Crippen LogP contribution in [0.15, 0.2) is 48.5 Å². The van der Waals surface area contributed by atoms with Crippen LogP contribution >= 0.6 is 0 Å². The van der Waals surface area contributed by atoms with Gasteiger partial charge < -0.3 is 4.74 Å². The van der Waals surface area contributed by atoms with Crippen molar-refractivity contribution < 1.29 is 9.13 Å². The van der Waals surface area contributed by atoms with E-state index in [4.69, 9.17) is 4.74 Å². The van der Waals surface area contributed by atoms with E-state index in [-0.39, 0.29) is 5.82 Å². The Hall–Kier alpha value is -1.67. The molecule has 0 aliphatic rings. The van der Waals surface area contributed by atoms with Crippen LogP contribution in [-0.2, 0) is 24.2 Å². The molecule has 0 saturated carbocycles. The SMILES string of the molecule is CCCc1ccc(CCOCc2ccccc2)c(F)c1. The van der Waals surface area contributed by atoms with Crippen molar-refractivity contribution in [3.05, 3.63) is 71.0 Å². The summed E-state index contributed by atoms with van der Waals surface area (Å²) >= 11 is 0. The molecule has 0 N–H and O–H groups in total. The van der Waals surface area contributed by atoms with E-state index in [0.717, 1.165) is 29.5 Å². The molecule has 2 aromatic carbocycles. The second-order valence-electron chi connectivity index (χ2n) is 4.96. The Kier molecular flexibility index (Phi) is 5.75. The summed E-state index contributed by atoms with van der Waals surface area (Å²) in [7, 11) is 0. The van der Waals surface area contributed by atoms with Crippen LogP contribution in [0.4, 0.5) is 4.39 Å². The van der Waals surface area contributed by atoms with Crippen LogP contribution in [-0.4, -0.2) is 6.61 Å². The van der Waals surface area contributed by atoms with Crippen molar-refractivity contribution in [2.24, 2.45) is 0 Å². The lowest BCUT2D eigenvalue weighted by Gasteiger charge is -2.07. The van der Waals surface area contributed by atoms with E-state index in [1.54, 1.807) is 6.07 Å². The first-order valence-corrected chi connectivity index (χ1v) is 7.18. The maximum atomic E-state index is 13.9. The van der Waals surface area contributed by atoms with E-state index in [9.17, 15) is 4.39 Å². The minimum absolute atomic E-state index is 0.112. The first kappa shape index (κ1) is 14.7. The van der Waals surface area contributed by atoms with E-state index in [2.05, 4.69) is 6.92 Å². The fourth-order valence-corrected chi connectivity index (χ4v) is 2.18. The predicted molar refractivity (Wildman–Crippen MR) is 80.2 cm³/mol. The van der Waals surface area contributed by atoms with Crippen molar-refractivity contribution in [1.29, 1.82) is 0 Å². The highest BCUT2D eigenvalue weighted by atomic mass is 19.1. The van der Waals surface area contributed by atoms with Gasteiger partial charge >= 0.3 is 0 Å². The molecule has 2 heteroatoms. The van der Waals surface area contributed by atoms with E-state index in [1.165, 1.54) is 0 Å². The predicted octanol–water partition coefficient (Wildman–Crippen LogP) is 4.54. The van der Waals surface area contributed by atoms with Crippen molar-refractivity contribution in [2.75, 3.05) is 6.61 Å². The van der Waals surface area contributed by atoms with Gasteiger partial charge in [-0.3, -0.25) is 0 Å². The Morgan fingerprint density at radius 2 is 1.75 bits per heavy atom. The fourth-order valence-electron chi connectivity index (χ4n) is 2.18. The largest absolute Gasteiger partial charge is 0.376 e. The molecule has 0 aliphatic heterocycles. The van der Waals surface area contributed by atoms with Gasteiger partial charge in [-0.15, -0.1) is 0 Å². The Labute approximate surface area is 120 Å². The van der Waals surface area contributed by atoms with Crippen LogP contribution in [0.5, 0.6) is 0 Å². The number of benzene rings is 2. The molecule has 1 nitrogen and oxygen atoms in total. The Bertz CT molecular complexity index is 522. The fraction of sp³-hybridized carbons (Fsp3) is 0.333. The highest BCUT2D eigenvalue weighted by molar-refractivity contribution is 5.24. The minimum Gasteiger partial charge on any atom is -0.376 e. The van der Waals surface area contributed by atoms with E-state index < -0.39 is 0 Å². The smallest absolute Gasteiger partial charge is 0.126 e. The van der Waals surface area contributed by atoms with Crippen LogP contribution in [0.2, 0.25) is 0 Å². The first-order chi connectivity index (χ1) is 9.79. The molecule has 0 amide bonds. The topological polar surface area (TPSA) is 9.23 Å². The van der Waals surface area contributed by atoms with Crippen LogP contribution < -0.4 is 0 Å². The van der Waals surface area contributed by atoms with Crippen LogP contribution in [0.25, 0.3) is 0 Å². The number of halogens is 1. The molecule has 0 radical (unpaired) electrons. The van der Waals surface area contributed by atoms with Crippen LogP contribution in [0.1, 0.15) is 30.0 Å². The number of rotatable bonds is 7. The number of hydrogen-bond donors (Lipinski definition) is 0. The van der Waals surface area contributed by atoms with Gasteiger partial charge in [-0.05, 0) is 35.6 Å². The molecule has 20 heavy (non-hydrogen) atoms. The van der Waals surface area contributed by atoms with E-state index in [0.29, 0.717) is 19.6 Å². The summed E-state index contributed by atoms with van der Waals surface area (Å²) in [6.07, 6.45) is 2.59. The standard InChI is InChI=1S/C18H21FO/c1-2-6-15-9-10-17(18(19)13-15)11-12-20-14-16-7-4-3-5-8-16/h3-5,7-10,13H,2,6,11-12,14H2,1H3. The van der Waals surface area contributed by atoms with Crippen molar-refractivity contribution >= 4 is 0 Å². The quantitative estimate of drug-likeness (QED) is 0.672. The van der Waals surface area contributed by atoms with Crippen molar-refractivity contribution in [1.82, 2.24) is 0 Å². The molecule has 2 aromatic rings. The molecule has 0 aromatic heterocycles. The second kappa shape index (κ2) is 7.81. The van der Waals surface area contributed by atoms with Gasteiger partial charge in [-0.1, -0.05) is 55.8 Å². The lowest BCUT2D eigenvalue weighted by molar-refractivity contribution is 0.123. The van der Waals surface area contributed by atoms with Gasteiger partial charge in [0, 0.05) is 0 Å². The number of hydrogen-bond acceptors (Lipinski definition) is 1. The third-order valence-corrected chi connectivity index (χ3v) is 3.28. The normalized spacial score (nSPS) is 10.7. The zero-order chi connectivity index (χ0) is 14.2. The molecule has 0 atom stereocenters. The molecule has 2 rings (SSSR count). The zero-order valence-corrected chi connectivity index (χ0v) is 11.9. The minimum atomic E-state index is -0.112. The van der Waals surface area contributed by atoms with Gasteiger partial charge in [0.2, 0.25) is 0 Å². The molecular weight excluding hydrogens is 251 g/mol. The second-order valence-corrected chi connectivity index (χ2v) is 4.96. The van der Waals surface area contributed by atoms with Crippen molar-refractivity contribution in [3.63, 3.8) is 0 Å². The Morgan fingerprint density at radius 1 is 0.950 bits per heavy atom. The molecule has 0 spiro atoms. The third-order valence-electron chi connectivity index (χ3n) is 3.28. The average molecular weight is 272 g/mol. The molecule has 0 saturated heterocycles. The first-order valence-electron chi connectivity index (χ1n) is 7.18. The lowest BCUT2D eigenvalue weighted by atomic mass is 10.1. The average Bonchev–Trinajstić information content (AvgIpc) is 2.47. The highest BCUT2D eigenvalue weighted by Gasteiger charge is 2.03. The molecule has 0 aliphatic carbocycles. The summed E-state index contributed by atoms with van der Waals surface area (Å²) in [5, 5.41) is 0. The monoisotopic (exact) mass is 272 g/mol. The maximum Gasteiger partial charge on any atom is 0.126 e. The van der Waals surface area contributed by atoms with Crippen LogP contribution in [0, 0.1) is 5.82 Å². The lowest BCUT2D eigenvalue weighted by Crippen LogP contribution is -2.01. The zero-order valence-electron chi connectivity index (χ0n) is 11.9. The summed E-state index contributed by atoms with van der Waals surface area (Å²) in [5.74, 6) is -0.112. The highest BCUT2D eigenvalue weighted by Crippen LogP contribution is 2.13. The van der Waals surface area contributed by atoms with Gasteiger partial charge in [-0.2, -0.15) is 0 Å². The van der Waals surface area contributed by atoms with Crippen molar-refractivity contribution in [2.45, 2.75) is 32.8 Å². The van der Waals surface area contributed by atoms with Crippen molar-refractivity contribution in [3.8, 4) is 0 Å². The summed E-state index contributed by atoms with van der Waals surface area (Å²) in [4.78, 5) is 0. The summed E-state index contributed by atoms with van der Waals surface area (Å²) in [6.45, 7) is 3.22. The van der Waals surface area contributed by atoms with Crippen LogP contribution in [0.3, 0.4) is 0 Å².